The third-order valence-corrected chi connectivity index (χ3v) is 12.3. The Morgan fingerprint density at radius 3 is 1.33 bits per heavy atom. The van der Waals surface area contributed by atoms with E-state index in [9.17, 15) is 26.4 Å². The first-order chi connectivity index (χ1) is 21.9. The van der Waals surface area contributed by atoms with Gasteiger partial charge in [0.1, 0.15) is 11.4 Å². The molecule has 0 saturated carbocycles. The maximum atomic E-state index is 12.8. The molecule has 0 fully saturated rings. The van der Waals surface area contributed by atoms with Crippen molar-refractivity contribution in [1.29, 1.82) is 0 Å². The maximum absolute atomic E-state index is 12.8. The van der Waals surface area contributed by atoms with Crippen LogP contribution >= 0.6 is 22.7 Å². The second kappa shape index (κ2) is 15.4. The Balaban J connectivity index is 1.35. The second-order valence-corrected chi connectivity index (χ2v) is 16.2. The van der Waals surface area contributed by atoms with Crippen LogP contribution in [0.4, 0.5) is 10.3 Å². The number of aromatic nitrogens is 2. The van der Waals surface area contributed by atoms with E-state index < -0.39 is 31.9 Å². The normalized spacial score (nSPS) is 12.0. The van der Waals surface area contributed by atoms with Crippen molar-refractivity contribution in [3.63, 3.8) is 0 Å². The van der Waals surface area contributed by atoms with Gasteiger partial charge in [0.05, 0.1) is 9.79 Å². The zero-order valence-electron chi connectivity index (χ0n) is 25.9. The SMILES string of the molecule is CCCCN(C)S(=O)(=O)c1ccc(C(=O)Nc2nc(-c3csc(NC(=O)c4ccc(S(=O)(=O)N(C)CCCC)cc4)n3)cs2)cc1. The summed E-state index contributed by atoms with van der Waals surface area (Å²) in [6.45, 7) is 4.81. The van der Waals surface area contributed by atoms with E-state index in [0.29, 0.717) is 34.7 Å². The average molecular weight is 705 g/mol. The first-order valence-corrected chi connectivity index (χ1v) is 19.2. The van der Waals surface area contributed by atoms with Crippen LogP contribution < -0.4 is 10.6 Å². The average Bonchev–Trinajstić information content (AvgIpc) is 3.72. The first kappa shape index (κ1) is 35.3. The topological polar surface area (TPSA) is 159 Å². The number of anilines is 2. The molecule has 2 aromatic heterocycles. The second-order valence-electron chi connectivity index (χ2n) is 10.4. The van der Waals surface area contributed by atoms with Crippen LogP contribution in [0.2, 0.25) is 0 Å². The molecule has 0 unspecified atom stereocenters. The number of carbonyl (C=O) groups is 2. The minimum Gasteiger partial charge on any atom is -0.298 e. The summed E-state index contributed by atoms with van der Waals surface area (Å²) in [6.07, 6.45) is 3.26. The summed E-state index contributed by atoms with van der Waals surface area (Å²) in [5.41, 5.74) is 1.55. The van der Waals surface area contributed by atoms with E-state index in [1.165, 1.54) is 93.9 Å². The highest BCUT2D eigenvalue weighted by Gasteiger charge is 2.22. The number of carbonyl (C=O) groups excluding carboxylic acids is 2. The van der Waals surface area contributed by atoms with Crippen molar-refractivity contribution in [1.82, 2.24) is 18.6 Å². The molecule has 0 aliphatic rings. The third kappa shape index (κ3) is 8.43. The van der Waals surface area contributed by atoms with Gasteiger partial charge in [0.2, 0.25) is 20.0 Å². The number of thiazole rings is 2. The fourth-order valence-electron chi connectivity index (χ4n) is 4.15. The van der Waals surface area contributed by atoms with Gasteiger partial charge >= 0.3 is 0 Å². The van der Waals surface area contributed by atoms with Crippen LogP contribution in [0, 0.1) is 0 Å². The van der Waals surface area contributed by atoms with Crippen LogP contribution in [0.1, 0.15) is 60.2 Å². The quantitative estimate of drug-likeness (QED) is 0.162. The number of nitrogens with zero attached hydrogens (tertiary/aromatic N) is 4. The van der Waals surface area contributed by atoms with Gasteiger partial charge in [0, 0.05) is 49.1 Å². The molecule has 0 atom stereocenters. The maximum Gasteiger partial charge on any atom is 0.257 e. The monoisotopic (exact) mass is 704 g/mol. The zero-order chi connectivity index (χ0) is 33.5. The molecule has 2 N–H and O–H groups in total. The summed E-state index contributed by atoms with van der Waals surface area (Å²) in [5.74, 6) is -0.885. The Morgan fingerprint density at radius 1 is 0.652 bits per heavy atom. The highest BCUT2D eigenvalue weighted by molar-refractivity contribution is 7.89. The van der Waals surface area contributed by atoms with E-state index in [-0.39, 0.29) is 20.9 Å². The molecule has 2 aromatic carbocycles. The number of nitrogens with one attached hydrogen (secondary N) is 2. The Hall–Kier alpha value is -3.54. The predicted octanol–water partition coefficient (Wildman–Crippen LogP) is 5.61. The number of hydrogen-bond donors (Lipinski definition) is 2. The van der Waals surface area contributed by atoms with Crippen LogP contribution in [0.3, 0.4) is 0 Å². The summed E-state index contributed by atoms with van der Waals surface area (Å²) in [5, 5.41) is 9.52. The van der Waals surface area contributed by atoms with Gasteiger partial charge in [-0.1, -0.05) is 26.7 Å². The Kier molecular flexibility index (Phi) is 11.8. The molecular weight excluding hydrogens is 669 g/mol. The summed E-state index contributed by atoms with van der Waals surface area (Å²) < 4.78 is 53.6. The van der Waals surface area contributed by atoms with Crippen LogP contribution in [-0.2, 0) is 20.0 Å². The lowest BCUT2D eigenvalue weighted by molar-refractivity contribution is 0.101. The molecule has 2 amide bonds. The van der Waals surface area contributed by atoms with Crippen LogP contribution in [0.25, 0.3) is 11.4 Å². The molecule has 0 bridgehead atoms. The zero-order valence-corrected chi connectivity index (χ0v) is 29.2. The summed E-state index contributed by atoms with van der Waals surface area (Å²) in [7, 11) is -4.20. The molecule has 0 aliphatic heterocycles. The fraction of sp³-hybridized carbons (Fsp3) is 0.333. The van der Waals surface area contributed by atoms with E-state index in [1.54, 1.807) is 10.8 Å². The van der Waals surface area contributed by atoms with Gasteiger partial charge < -0.3 is 0 Å². The van der Waals surface area contributed by atoms with Gasteiger partial charge in [-0.15, -0.1) is 22.7 Å². The largest absolute Gasteiger partial charge is 0.298 e. The highest BCUT2D eigenvalue weighted by atomic mass is 32.2. The molecule has 0 aliphatic carbocycles. The lowest BCUT2D eigenvalue weighted by Crippen LogP contribution is -2.28. The highest BCUT2D eigenvalue weighted by Crippen LogP contribution is 2.29. The van der Waals surface area contributed by atoms with Gasteiger partial charge in [-0.3, -0.25) is 20.2 Å². The Labute approximate surface area is 277 Å². The Morgan fingerprint density at radius 2 is 1.00 bits per heavy atom. The molecule has 0 radical (unpaired) electrons. The molecule has 0 spiro atoms. The van der Waals surface area contributed by atoms with E-state index >= 15 is 0 Å². The van der Waals surface area contributed by atoms with Crippen molar-refractivity contribution >= 4 is 64.8 Å². The molecule has 46 heavy (non-hydrogen) atoms. The Bertz CT molecular complexity index is 1730. The molecule has 4 rings (SSSR count). The lowest BCUT2D eigenvalue weighted by atomic mass is 10.2. The third-order valence-electron chi connectivity index (χ3n) is 7.01. The molecule has 246 valence electrons. The first-order valence-electron chi connectivity index (χ1n) is 14.5. The fourth-order valence-corrected chi connectivity index (χ4v) is 7.97. The van der Waals surface area contributed by atoms with Gasteiger partial charge in [0.15, 0.2) is 10.3 Å². The molecule has 4 aromatic rings. The van der Waals surface area contributed by atoms with Crippen LogP contribution in [0.5, 0.6) is 0 Å². The smallest absolute Gasteiger partial charge is 0.257 e. The van der Waals surface area contributed by atoms with E-state index in [2.05, 4.69) is 20.6 Å². The van der Waals surface area contributed by atoms with E-state index in [4.69, 9.17) is 0 Å². The minimum absolute atomic E-state index is 0.112. The number of benzene rings is 2. The molecule has 12 nitrogen and oxygen atoms in total. The van der Waals surface area contributed by atoms with E-state index in [1.807, 2.05) is 13.8 Å². The number of sulfonamides is 2. The minimum atomic E-state index is -3.64. The standard InChI is InChI=1S/C30H36N6O6S4/c1-5-7-17-35(3)45(39,40)23-13-9-21(10-14-23)27(37)33-29-31-25(19-43-29)26-20-44-30(32-26)34-28(38)22-11-15-24(16-12-22)46(41,42)36(4)18-8-6-2/h9-16,19-20H,5-8,17-18H2,1-4H3,(H,31,33,37)(H,32,34,38). The molecule has 2 heterocycles. The van der Waals surface area contributed by atoms with Gasteiger partial charge in [-0.25, -0.2) is 35.4 Å². The van der Waals surface area contributed by atoms with Crippen molar-refractivity contribution in [2.24, 2.45) is 0 Å². The van der Waals surface area contributed by atoms with Crippen molar-refractivity contribution in [2.45, 2.75) is 49.3 Å². The van der Waals surface area contributed by atoms with Crippen molar-refractivity contribution in [3.8, 4) is 11.4 Å². The predicted molar refractivity (Wildman–Crippen MR) is 181 cm³/mol. The van der Waals surface area contributed by atoms with Crippen LogP contribution in [0.15, 0.2) is 69.1 Å². The van der Waals surface area contributed by atoms with Crippen molar-refractivity contribution in [3.05, 3.63) is 70.4 Å². The van der Waals surface area contributed by atoms with Gasteiger partial charge in [-0.2, -0.15) is 0 Å². The molecule has 0 saturated heterocycles. The number of rotatable bonds is 15. The number of hydrogen-bond acceptors (Lipinski definition) is 10. The number of amides is 2. The summed E-state index contributed by atoms with van der Waals surface area (Å²) >= 11 is 2.39. The van der Waals surface area contributed by atoms with Gasteiger partial charge in [-0.05, 0) is 61.4 Å². The van der Waals surface area contributed by atoms with Crippen molar-refractivity contribution in [2.75, 3.05) is 37.8 Å². The van der Waals surface area contributed by atoms with E-state index in [0.717, 1.165) is 25.7 Å². The van der Waals surface area contributed by atoms with Gasteiger partial charge in [0.25, 0.3) is 11.8 Å². The number of unbranched alkanes of at least 4 members (excludes halogenated alkanes) is 2. The molecular formula is C30H36N6O6S4. The van der Waals surface area contributed by atoms with Crippen molar-refractivity contribution < 1.29 is 26.4 Å². The van der Waals surface area contributed by atoms with Crippen LogP contribution in [-0.4, -0.2) is 74.4 Å². The summed E-state index contributed by atoms with van der Waals surface area (Å²) in [6, 6.07) is 11.5. The molecule has 16 heteroatoms. The lowest BCUT2D eigenvalue weighted by Gasteiger charge is -2.16. The summed E-state index contributed by atoms with van der Waals surface area (Å²) in [4.78, 5) is 34.7.